The number of rotatable bonds is 3. The maximum Gasteiger partial charge on any atom is 0.0676 e. The van der Waals surface area contributed by atoms with E-state index in [0.717, 1.165) is 5.56 Å². The highest BCUT2D eigenvalue weighted by Crippen LogP contribution is 2.31. The fourth-order valence-corrected chi connectivity index (χ4v) is 3.51. The van der Waals surface area contributed by atoms with Crippen LogP contribution in [-0.2, 0) is 16.6 Å². The third-order valence-corrected chi connectivity index (χ3v) is 5.56. The van der Waals surface area contributed by atoms with Crippen LogP contribution in [0.3, 0.4) is 0 Å². The summed E-state index contributed by atoms with van der Waals surface area (Å²) in [6.07, 6.45) is 8.24. The van der Waals surface area contributed by atoms with Gasteiger partial charge in [-0.2, -0.15) is 0 Å². The Morgan fingerprint density at radius 2 is 1.94 bits per heavy atom. The topological polar surface area (TPSA) is 17.1 Å². The van der Waals surface area contributed by atoms with E-state index in [-0.39, 0.29) is 4.75 Å². The predicted octanol–water partition coefficient (Wildman–Crippen LogP) is 3.46. The molecule has 0 amide bonds. The smallest absolute Gasteiger partial charge is 0.0676 e. The van der Waals surface area contributed by atoms with Crippen LogP contribution in [0.5, 0.6) is 0 Å². The molecule has 0 aromatic heterocycles. The van der Waals surface area contributed by atoms with Crippen LogP contribution in [0.1, 0.15) is 19.4 Å². The molecule has 3 unspecified atom stereocenters. The summed E-state index contributed by atoms with van der Waals surface area (Å²) in [5, 5.41) is 0. The van der Waals surface area contributed by atoms with E-state index in [1.165, 1.54) is 0 Å². The Labute approximate surface area is 106 Å². The van der Waals surface area contributed by atoms with Gasteiger partial charge < -0.3 is 0 Å². The van der Waals surface area contributed by atoms with Gasteiger partial charge in [-0.1, -0.05) is 61.6 Å². The Morgan fingerprint density at radius 3 is 2.59 bits per heavy atom. The second-order valence-electron chi connectivity index (χ2n) is 4.69. The fourth-order valence-electron chi connectivity index (χ4n) is 1.98. The van der Waals surface area contributed by atoms with Crippen LogP contribution < -0.4 is 0 Å². The van der Waals surface area contributed by atoms with E-state index in [2.05, 4.69) is 26.0 Å². The normalized spacial score (nSPS) is 29.2. The second kappa shape index (κ2) is 5.01. The molecule has 90 valence electrons. The minimum absolute atomic E-state index is 0.245. The van der Waals surface area contributed by atoms with E-state index in [9.17, 15) is 4.21 Å². The molecule has 0 heterocycles. The lowest BCUT2D eigenvalue weighted by Crippen LogP contribution is -2.36. The Balaban J connectivity index is 2.15. The first-order valence-corrected chi connectivity index (χ1v) is 7.23. The number of allylic oxidation sites excluding steroid dienone is 3. The third kappa shape index (κ3) is 2.58. The molecular formula is C15H18OS. The molecule has 0 saturated heterocycles. The Kier molecular flexibility index (Phi) is 3.63. The first-order valence-electron chi connectivity index (χ1n) is 5.91. The van der Waals surface area contributed by atoms with Gasteiger partial charge in [-0.25, -0.2) is 0 Å². The van der Waals surface area contributed by atoms with Crippen molar-refractivity contribution in [2.24, 2.45) is 5.92 Å². The van der Waals surface area contributed by atoms with Gasteiger partial charge in [-0.15, -0.1) is 0 Å². The summed E-state index contributed by atoms with van der Waals surface area (Å²) in [6, 6.07) is 10.0. The minimum Gasteiger partial charge on any atom is -0.258 e. The van der Waals surface area contributed by atoms with Gasteiger partial charge in [0, 0.05) is 16.6 Å². The van der Waals surface area contributed by atoms with Crippen molar-refractivity contribution in [3.8, 4) is 0 Å². The lowest BCUT2D eigenvalue weighted by atomic mass is 9.91. The standard InChI is InChI=1S/C15H18OS/c1-13-8-6-7-11-15(13,2)17(16)12-14-9-4-3-5-10-14/h3-11,13H,12H2,1-2H3. The van der Waals surface area contributed by atoms with Gasteiger partial charge in [-0.05, 0) is 18.4 Å². The first kappa shape index (κ1) is 12.3. The summed E-state index contributed by atoms with van der Waals surface area (Å²) in [5.41, 5.74) is 1.14. The van der Waals surface area contributed by atoms with Crippen molar-refractivity contribution in [2.45, 2.75) is 24.3 Å². The van der Waals surface area contributed by atoms with Crippen LogP contribution in [0.4, 0.5) is 0 Å². The van der Waals surface area contributed by atoms with Crippen LogP contribution in [0.2, 0.25) is 0 Å². The highest BCUT2D eigenvalue weighted by Gasteiger charge is 2.34. The van der Waals surface area contributed by atoms with E-state index in [1.54, 1.807) is 0 Å². The predicted molar refractivity (Wildman–Crippen MR) is 74.1 cm³/mol. The van der Waals surface area contributed by atoms with Gasteiger partial charge >= 0.3 is 0 Å². The zero-order valence-corrected chi connectivity index (χ0v) is 11.1. The monoisotopic (exact) mass is 246 g/mol. The molecule has 2 heteroatoms. The summed E-state index contributed by atoms with van der Waals surface area (Å²) in [7, 11) is -0.891. The number of hydrogen-bond donors (Lipinski definition) is 0. The number of benzene rings is 1. The van der Waals surface area contributed by atoms with Gasteiger partial charge in [0.1, 0.15) is 0 Å². The zero-order valence-electron chi connectivity index (χ0n) is 10.3. The summed E-state index contributed by atoms with van der Waals surface area (Å²) in [5.74, 6) is 0.942. The summed E-state index contributed by atoms with van der Waals surface area (Å²) < 4.78 is 12.3. The average Bonchev–Trinajstić information content (AvgIpc) is 2.34. The van der Waals surface area contributed by atoms with Gasteiger partial charge in [-0.3, -0.25) is 4.21 Å². The average molecular weight is 246 g/mol. The first-order chi connectivity index (χ1) is 8.13. The molecule has 1 aromatic carbocycles. The van der Waals surface area contributed by atoms with Crippen LogP contribution in [-0.4, -0.2) is 8.96 Å². The second-order valence-corrected chi connectivity index (χ2v) is 6.55. The SMILES string of the molecule is CC1C=CC=CC1(C)S(=O)Cc1ccccc1. The largest absolute Gasteiger partial charge is 0.258 e. The van der Waals surface area contributed by atoms with E-state index in [0.29, 0.717) is 11.7 Å². The zero-order chi connectivity index (χ0) is 12.3. The molecule has 17 heavy (non-hydrogen) atoms. The molecule has 0 fully saturated rings. The van der Waals surface area contributed by atoms with Crippen molar-refractivity contribution in [3.05, 3.63) is 60.2 Å². The molecule has 0 aliphatic heterocycles. The third-order valence-electron chi connectivity index (χ3n) is 3.47. The van der Waals surface area contributed by atoms with Gasteiger partial charge in [0.25, 0.3) is 0 Å². The lowest BCUT2D eigenvalue weighted by Gasteiger charge is -2.32. The molecule has 0 spiro atoms. The molecule has 0 N–H and O–H groups in total. The Bertz CT molecular complexity index is 461. The Morgan fingerprint density at radius 1 is 1.24 bits per heavy atom. The summed E-state index contributed by atoms with van der Waals surface area (Å²) >= 11 is 0. The minimum atomic E-state index is -0.891. The van der Waals surface area contributed by atoms with Crippen LogP contribution >= 0.6 is 0 Å². The molecule has 1 aliphatic carbocycles. The van der Waals surface area contributed by atoms with Crippen LogP contribution in [0, 0.1) is 5.92 Å². The molecule has 0 saturated carbocycles. The van der Waals surface area contributed by atoms with E-state index < -0.39 is 10.8 Å². The maximum absolute atomic E-state index is 12.5. The van der Waals surface area contributed by atoms with Gasteiger partial charge in [0.05, 0.1) is 4.75 Å². The highest BCUT2D eigenvalue weighted by atomic mass is 32.2. The molecule has 0 radical (unpaired) electrons. The van der Waals surface area contributed by atoms with Crippen LogP contribution in [0.25, 0.3) is 0 Å². The molecular weight excluding hydrogens is 228 g/mol. The van der Waals surface area contributed by atoms with Gasteiger partial charge in [0.15, 0.2) is 0 Å². The highest BCUT2D eigenvalue weighted by molar-refractivity contribution is 7.85. The molecule has 3 atom stereocenters. The van der Waals surface area contributed by atoms with Crippen LogP contribution in [0.15, 0.2) is 54.6 Å². The van der Waals surface area contributed by atoms with E-state index in [1.807, 2.05) is 42.5 Å². The van der Waals surface area contributed by atoms with Crippen molar-refractivity contribution in [1.29, 1.82) is 0 Å². The van der Waals surface area contributed by atoms with Crippen molar-refractivity contribution in [1.82, 2.24) is 0 Å². The van der Waals surface area contributed by atoms with E-state index in [4.69, 9.17) is 0 Å². The van der Waals surface area contributed by atoms with Crippen molar-refractivity contribution >= 4 is 10.8 Å². The van der Waals surface area contributed by atoms with Gasteiger partial charge in [0.2, 0.25) is 0 Å². The molecule has 0 bridgehead atoms. The number of hydrogen-bond acceptors (Lipinski definition) is 1. The van der Waals surface area contributed by atoms with Crippen molar-refractivity contribution in [3.63, 3.8) is 0 Å². The van der Waals surface area contributed by atoms with E-state index >= 15 is 0 Å². The molecule has 1 nitrogen and oxygen atoms in total. The quantitative estimate of drug-likeness (QED) is 0.798. The Hall–Kier alpha value is -1.15. The van der Waals surface area contributed by atoms with Crippen molar-refractivity contribution < 1.29 is 4.21 Å². The summed E-state index contributed by atoms with van der Waals surface area (Å²) in [4.78, 5) is 0. The van der Waals surface area contributed by atoms with Crippen molar-refractivity contribution in [2.75, 3.05) is 0 Å². The molecule has 1 aromatic rings. The molecule has 2 rings (SSSR count). The fraction of sp³-hybridized carbons (Fsp3) is 0.333. The summed E-state index contributed by atoms with van der Waals surface area (Å²) in [6.45, 7) is 4.21. The molecule has 1 aliphatic rings. The maximum atomic E-state index is 12.5. The lowest BCUT2D eigenvalue weighted by molar-refractivity contribution is 0.564.